The fourth-order valence-corrected chi connectivity index (χ4v) is 2.89. The number of amides is 3. The highest BCUT2D eigenvalue weighted by Crippen LogP contribution is 2.24. The molecule has 2 aromatic carbocycles. The molecule has 0 fully saturated rings. The largest absolute Gasteiger partial charge is 0.444 e. The number of ether oxygens (including phenoxy) is 1. The van der Waals surface area contributed by atoms with E-state index >= 15 is 0 Å². The molecule has 27 heavy (non-hydrogen) atoms. The molecule has 3 rings (SSSR count). The fraction of sp³-hybridized carbons (Fsp3) is 0.286. The first-order valence-electron chi connectivity index (χ1n) is 8.74. The van der Waals surface area contributed by atoms with Gasteiger partial charge in [-0.25, -0.2) is 4.79 Å². The molecule has 6 nitrogen and oxygen atoms in total. The van der Waals surface area contributed by atoms with Crippen molar-refractivity contribution in [1.29, 1.82) is 0 Å². The van der Waals surface area contributed by atoms with Crippen LogP contribution in [0.3, 0.4) is 0 Å². The van der Waals surface area contributed by atoms with Crippen molar-refractivity contribution in [3.63, 3.8) is 0 Å². The number of nitrogens with one attached hydrogen (secondary N) is 1. The number of imide groups is 1. The lowest BCUT2D eigenvalue weighted by Gasteiger charge is -2.20. The van der Waals surface area contributed by atoms with E-state index in [1.54, 1.807) is 45.0 Å². The van der Waals surface area contributed by atoms with Crippen LogP contribution in [0.25, 0.3) is 0 Å². The first-order chi connectivity index (χ1) is 12.7. The van der Waals surface area contributed by atoms with E-state index in [0.29, 0.717) is 17.7 Å². The normalized spacial score (nSPS) is 13.5. The van der Waals surface area contributed by atoms with Gasteiger partial charge in [-0.1, -0.05) is 36.4 Å². The molecule has 0 saturated carbocycles. The van der Waals surface area contributed by atoms with E-state index in [-0.39, 0.29) is 18.4 Å². The predicted molar refractivity (Wildman–Crippen MR) is 100 cm³/mol. The summed E-state index contributed by atoms with van der Waals surface area (Å²) in [5.41, 5.74) is 1.98. The maximum Gasteiger partial charge on any atom is 0.407 e. The van der Waals surface area contributed by atoms with Gasteiger partial charge in [-0.2, -0.15) is 0 Å². The zero-order chi connectivity index (χ0) is 19.6. The molecule has 6 heteroatoms. The van der Waals surface area contributed by atoms with Gasteiger partial charge in [-0.15, -0.1) is 0 Å². The summed E-state index contributed by atoms with van der Waals surface area (Å²) >= 11 is 0. The van der Waals surface area contributed by atoms with Crippen LogP contribution < -0.4 is 5.32 Å². The zero-order valence-electron chi connectivity index (χ0n) is 15.6. The maximum absolute atomic E-state index is 12.5. The first kappa shape index (κ1) is 18.6. The summed E-state index contributed by atoms with van der Waals surface area (Å²) in [7, 11) is 0. The Kier molecular flexibility index (Phi) is 4.99. The molecule has 0 saturated heterocycles. The summed E-state index contributed by atoms with van der Waals surface area (Å²) in [6, 6.07) is 14.2. The first-order valence-corrected chi connectivity index (χ1v) is 8.74. The van der Waals surface area contributed by atoms with Crippen LogP contribution in [0.5, 0.6) is 0 Å². The average Bonchev–Trinajstić information content (AvgIpc) is 2.84. The van der Waals surface area contributed by atoms with E-state index in [2.05, 4.69) is 5.32 Å². The minimum atomic E-state index is -0.558. The quantitative estimate of drug-likeness (QED) is 0.840. The molecule has 0 radical (unpaired) electrons. The Labute approximate surface area is 158 Å². The summed E-state index contributed by atoms with van der Waals surface area (Å²) < 4.78 is 5.21. The molecule has 2 aromatic rings. The number of hydrogen-bond donors (Lipinski definition) is 1. The van der Waals surface area contributed by atoms with Crippen molar-refractivity contribution in [3.05, 3.63) is 70.8 Å². The van der Waals surface area contributed by atoms with E-state index in [1.165, 1.54) is 4.90 Å². The molecule has 1 aliphatic rings. The molecular weight excluding hydrogens is 344 g/mol. The molecule has 0 aliphatic carbocycles. The highest BCUT2D eigenvalue weighted by molar-refractivity contribution is 6.21. The lowest BCUT2D eigenvalue weighted by molar-refractivity contribution is 0.0522. The van der Waals surface area contributed by atoms with Crippen LogP contribution in [0, 0.1) is 0 Å². The van der Waals surface area contributed by atoms with Gasteiger partial charge < -0.3 is 10.1 Å². The highest BCUT2D eigenvalue weighted by atomic mass is 16.6. The van der Waals surface area contributed by atoms with Gasteiger partial charge in [0.25, 0.3) is 11.8 Å². The van der Waals surface area contributed by atoms with Gasteiger partial charge in [0, 0.05) is 6.54 Å². The number of rotatable bonds is 4. The van der Waals surface area contributed by atoms with Gasteiger partial charge in [-0.3, -0.25) is 14.5 Å². The predicted octanol–water partition coefficient (Wildman–Crippen LogP) is 3.51. The minimum Gasteiger partial charge on any atom is -0.444 e. The van der Waals surface area contributed by atoms with Crippen molar-refractivity contribution >= 4 is 17.9 Å². The highest BCUT2D eigenvalue weighted by Gasteiger charge is 2.34. The Morgan fingerprint density at radius 1 is 0.963 bits per heavy atom. The van der Waals surface area contributed by atoms with E-state index in [4.69, 9.17) is 4.74 Å². The lowest BCUT2D eigenvalue weighted by atomic mass is 10.1. The van der Waals surface area contributed by atoms with Gasteiger partial charge in [0.1, 0.15) is 5.60 Å². The zero-order valence-corrected chi connectivity index (χ0v) is 15.6. The van der Waals surface area contributed by atoms with Crippen molar-refractivity contribution in [3.8, 4) is 0 Å². The Balaban J connectivity index is 1.66. The molecule has 1 aliphatic heterocycles. The lowest BCUT2D eigenvalue weighted by Crippen LogP contribution is -2.32. The van der Waals surface area contributed by atoms with Crippen molar-refractivity contribution < 1.29 is 19.1 Å². The number of hydrogen-bond acceptors (Lipinski definition) is 4. The second-order valence-corrected chi connectivity index (χ2v) is 7.42. The smallest absolute Gasteiger partial charge is 0.407 e. The molecule has 0 spiro atoms. The number of carbonyl (C=O) groups is 3. The molecular formula is C21H22N2O4. The van der Waals surface area contributed by atoms with Crippen molar-refractivity contribution in [2.75, 3.05) is 0 Å². The summed E-state index contributed by atoms with van der Waals surface area (Å²) in [6.45, 7) is 5.89. The maximum atomic E-state index is 12.5. The number of benzene rings is 2. The molecule has 1 N–H and O–H groups in total. The van der Waals surface area contributed by atoms with E-state index < -0.39 is 11.7 Å². The molecule has 3 amide bonds. The van der Waals surface area contributed by atoms with Gasteiger partial charge in [0.15, 0.2) is 0 Å². The SMILES string of the molecule is CC(C)(C)OC(=O)NCc1cccc(CN2C(=O)c3ccccc3C2=O)c1. The van der Waals surface area contributed by atoms with Crippen LogP contribution >= 0.6 is 0 Å². The topological polar surface area (TPSA) is 75.7 Å². The molecule has 0 unspecified atom stereocenters. The Bertz CT molecular complexity index is 864. The summed E-state index contributed by atoms with van der Waals surface area (Å²) in [5.74, 6) is -0.569. The van der Waals surface area contributed by atoms with Crippen LogP contribution in [0.2, 0.25) is 0 Å². The van der Waals surface area contributed by atoms with E-state index in [9.17, 15) is 14.4 Å². The van der Waals surface area contributed by atoms with E-state index in [0.717, 1.165) is 11.1 Å². The van der Waals surface area contributed by atoms with E-state index in [1.807, 2.05) is 24.3 Å². The molecule has 0 bridgehead atoms. The van der Waals surface area contributed by atoms with Crippen molar-refractivity contribution in [1.82, 2.24) is 10.2 Å². The van der Waals surface area contributed by atoms with Crippen LogP contribution in [-0.2, 0) is 17.8 Å². The minimum absolute atomic E-state index is 0.187. The number of alkyl carbamates (subject to hydrolysis) is 1. The molecule has 0 aromatic heterocycles. The third-order valence-corrected chi connectivity index (χ3v) is 4.05. The third kappa shape index (κ3) is 4.34. The third-order valence-electron chi connectivity index (χ3n) is 4.05. The second kappa shape index (κ2) is 7.23. The summed E-state index contributed by atoms with van der Waals surface area (Å²) in [6.07, 6.45) is -0.492. The average molecular weight is 366 g/mol. The second-order valence-electron chi connectivity index (χ2n) is 7.42. The molecule has 140 valence electrons. The van der Waals surface area contributed by atoms with Gasteiger partial charge >= 0.3 is 6.09 Å². The van der Waals surface area contributed by atoms with Crippen molar-refractivity contribution in [2.24, 2.45) is 0 Å². The standard InChI is InChI=1S/C21H22N2O4/c1-21(2,3)27-20(26)22-12-14-7-6-8-15(11-14)13-23-18(24)16-9-4-5-10-17(16)19(23)25/h4-11H,12-13H2,1-3H3,(H,22,26). The molecule has 1 heterocycles. The van der Waals surface area contributed by atoms with Crippen LogP contribution in [-0.4, -0.2) is 28.4 Å². The Morgan fingerprint density at radius 3 is 2.15 bits per heavy atom. The number of fused-ring (bicyclic) bond motifs is 1. The summed E-state index contributed by atoms with van der Waals surface area (Å²) in [5, 5.41) is 2.70. The Hall–Kier alpha value is -3.15. The van der Waals surface area contributed by atoms with Gasteiger partial charge in [-0.05, 0) is 44.0 Å². The van der Waals surface area contributed by atoms with Crippen molar-refractivity contribution in [2.45, 2.75) is 39.5 Å². The van der Waals surface area contributed by atoms with Crippen LogP contribution in [0.4, 0.5) is 4.79 Å². The van der Waals surface area contributed by atoms with Gasteiger partial charge in [0.2, 0.25) is 0 Å². The number of nitrogens with zero attached hydrogens (tertiary/aromatic N) is 1. The Morgan fingerprint density at radius 2 is 1.56 bits per heavy atom. The van der Waals surface area contributed by atoms with Crippen LogP contribution in [0.1, 0.15) is 52.6 Å². The summed E-state index contributed by atoms with van der Waals surface area (Å²) in [4.78, 5) is 38.0. The number of carbonyl (C=O) groups excluding carboxylic acids is 3. The molecule has 0 atom stereocenters. The van der Waals surface area contributed by atoms with Crippen LogP contribution in [0.15, 0.2) is 48.5 Å². The van der Waals surface area contributed by atoms with Gasteiger partial charge in [0.05, 0.1) is 17.7 Å². The fourth-order valence-electron chi connectivity index (χ4n) is 2.89. The monoisotopic (exact) mass is 366 g/mol.